The fraction of sp³-hybridized carbons (Fsp3) is 0.182. The highest BCUT2D eigenvalue weighted by molar-refractivity contribution is 6.09. The van der Waals surface area contributed by atoms with Gasteiger partial charge in [0.1, 0.15) is 5.75 Å². The van der Waals surface area contributed by atoms with Gasteiger partial charge in [-0.2, -0.15) is 5.10 Å². The number of hydrogen-bond donors (Lipinski definition) is 1. The first kappa shape index (κ1) is 19.4. The van der Waals surface area contributed by atoms with Crippen molar-refractivity contribution < 1.29 is 9.53 Å². The molecule has 0 aliphatic rings. The van der Waals surface area contributed by atoms with Crippen LogP contribution < -0.4 is 15.6 Å². The summed E-state index contributed by atoms with van der Waals surface area (Å²) in [5.74, 6) is 0.801. The minimum atomic E-state index is -0.258. The van der Waals surface area contributed by atoms with Gasteiger partial charge in [0.05, 0.1) is 18.7 Å². The zero-order valence-electron chi connectivity index (χ0n) is 16.5. The lowest BCUT2D eigenvalue weighted by Crippen LogP contribution is -2.32. The maximum absolute atomic E-state index is 13.0. The lowest BCUT2D eigenvalue weighted by Gasteiger charge is -2.14. The summed E-state index contributed by atoms with van der Waals surface area (Å²) >= 11 is 0. The summed E-state index contributed by atoms with van der Waals surface area (Å²) in [6, 6.07) is 16.2. The fourth-order valence-electron chi connectivity index (χ4n) is 3.25. The van der Waals surface area contributed by atoms with Crippen molar-refractivity contribution in [1.29, 1.82) is 0 Å². The second-order valence-electron chi connectivity index (χ2n) is 6.55. The topological polar surface area (TPSA) is 91.0 Å². The molecule has 0 radical (unpaired) electrons. The van der Waals surface area contributed by atoms with Crippen molar-refractivity contribution >= 4 is 16.7 Å². The van der Waals surface area contributed by atoms with Crippen LogP contribution in [0.5, 0.6) is 5.75 Å². The molecule has 152 valence electrons. The van der Waals surface area contributed by atoms with Gasteiger partial charge in [-0.25, -0.2) is 9.36 Å². The van der Waals surface area contributed by atoms with Crippen molar-refractivity contribution in [3.05, 3.63) is 82.9 Å². The van der Waals surface area contributed by atoms with Crippen molar-refractivity contribution in [3.8, 4) is 11.6 Å². The van der Waals surface area contributed by atoms with E-state index in [1.54, 1.807) is 35.3 Å². The molecular weight excluding hydrogens is 382 g/mol. The molecule has 1 N–H and O–H groups in total. The molecule has 0 saturated carbocycles. The Morgan fingerprint density at radius 1 is 1.10 bits per heavy atom. The molecule has 0 atom stereocenters. The molecule has 4 aromatic rings. The van der Waals surface area contributed by atoms with Gasteiger partial charge in [0.15, 0.2) is 5.82 Å². The summed E-state index contributed by atoms with van der Waals surface area (Å²) in [5, 5.41) is 13.1. The average molecular weight is 403 g/mol. The minimum Gasteiger partial charge on any atom is -0.493 e. The summed E-state index contributed by atoms with van der Waals surface area (Å²) in [6.45, 7) is 2.80. The number of amides is 1. The lowest BCUT2D eigenvalue weighted by atomic mass is 10.0. The predicted molar refractivity (Wildman–Crippen MR) is 113 cm³/mol. The first-order valence-electron chi connectivity index (χ1n) is 9.68. The molecule has 2 aromatic heterocycles. The van der Waals surface area contributed by atoms with Crippen LogP contribution in [0.2, 0.25) is 0 Å². The number of nitrogens with one attached hydrogen (secondary N) is 1. The number of rotatable bonds is 7. The Morgan fingerprint density at radius 3 is 2.77 bits per heavy atom. The van der Waals surface area contributed by atoms with Crippen molar-refractivity contribution in [2.24, 2.45) is 0 Å². The first-order chi connectivity index (χ1) is 14.7. The fourth-order valence-corrected chi connectivity index (χ4v) is 3.25. The Morgan fingerprint density at radius 2 is 1.97 bits per heavy atom. The van der Waals surface area contributed by atoms with Crippen molar-refractivity contribution in [1.82, 2.24) is 24.9 Å². The number of fused-ring (bicyclic) bond motifs is 1. The number of nitrogens with zero attached hydrogens (tertiary/aromatic N) is 4. The zero-order chi connectivity index (χ0) is 20.9. The monoisotopic (exact) mass is 403 g/mol. The van der Waals surface area contributed by atoms with E-state index in [9.17, 15) is 9.59 Å². The van der Waals surface area contributed by atoms with Crippen LogP contribution in [0.15, 0.2) is 71.8 Å². The highest BCUT2D eigenvalue weighted by atomic mass is 16.5. The van der Waals surface area contributed by atoms with E-state index in [-0.39, 0.29) is 24.6 Å². The highest BCUT2D eigenvalue weighted by Gasteiger charge is 2.16. The third-order valence-electron chi connectivity index (χ3n) is 4.62. The Kier molecular flexibility index (Phi) is 5.56. The number of benzene rings is 2. The van der Waals surface area contributed by atoms with E-state index < -0.39 is 0 Å². The normalized spacial score (nSPS) is 10.8. The molecule has 0 aliphatic carbocycles. The quantitative estimate of drug-likeness (QED) is 0.512. The van der Waals surface area contributed by atoms with Crippen molar-refractivity contribution in [2.45, 2.75) is 13.5 Å². The third kappa shape index (κ3) is 3.93. The number of ether oxygens (including phenoxy) is 1. The van der Waals surface area contributed by atoms with Crippen LogP contribution in [0.3, 0.4) is 0 Å². The predicted octanol–water partition coefficient (Wildman–Crippen LogP) is 2.41. The van der Waals surface area contributed by atoms with Gasteiger partial charge in [0.25, 0.3) is 11.5 Å². The van der Waals surface area contributed by atoms with Gasteiger partial charge in [0.2, 0.25) is 0 Å². The largest absolute Gasteiger partial charge is 0.493 e. The number of carbonyl (C=O) groups is 1. The maximum Gasteiger partial charge on any atom is 0.266 e. The molecule has 1 amide bonds. The number of carbonyl (C=O) groups excluding carboxylic acids is 1. The van der Waals surface area contributed by atoms with Crippen molar-refractivity contribution in [2.75, 3.05) is 13.2 Å². The minimum absolute atomic E-state index is 0.231. The molecule has 0 bridgehead atoms. The van der Waals surface area contributed by atoms with Gasteiger partial charge < -0.3 is 10.1 Å². The van der Waals surface area contributed by atoms with Crippen LogP contribution in [0.1, 0.15) is 17.3 Å². The molecule has 0 saturated heterocycles. The van der Waals surface area contributed by atoms with Gasteiger partial charge in [0, 0.05) is 25.0 Å². The van der Waals surface area contributed by atoms with Gasteiger partial charge in [-0.15, -0.1) is 5.10 Å². The molecule has 4 rings (SSSR count). The van der Waals surface area contributed by atoms with Gasteiger partial charge in [-0.1, -0.05) is 30.3 Å². The molecule has 2 aromatic carbocycles. The SMILES string of the molecule is CCOc1ccc2ccccc2c1C(=O)NCCn1nc(-n2cccn2)ccc1=O. The van der Waals surface area contributed by atoms with Crippen LogP contribution in [0.4, 0.5) is 0 Å². The van der Waals surface area contributed by atoms with Crippen LogP contribution in [0.25, 0.3) is 16.6 Å². The second kappa shape index (κ2) is 8.60. The standard InChI is InChI=1S/C22H21N5O3/c1-2-30-18-9-8-16-6-3-4-7-17(16)21(18)22(29)23-13-15-27-20(28)11-10-19(25-27)26-14-5-12-24-26/h3-12,14H,2,13,15H2,1H3,(H,23,29). The van der Waals surface area contributed by atoms with E-state index in [4.69, 9.17) is 4.74 Å². The highest BCUT2D eigenvalue weighted by Crippen LogP contribution is 2.28. The molecular formula is C22H21N5O3. The molecule has 2 heterocycles. The molecule has 8 heteroatoms. The molecule has 0 fully saturated rings. The first-order valence-corrected chi connectivity index (χ1v) is 9.68. The zero-order valence-corrected chi connectivity index (χ0v) is 16.5. The molecule has 0 unspecified atom stereocenters. The summed E-state index contributed by atoms with van der Waals surface area (Å²) in [6.07, 6.45) is 3.38. The molecule has 0 spiro atoms. The second-order valence-corrected chi connectivity index (χ2v) is 6.55. The average Bonchev–Trinajstić information content (AvgIpc) is 3.30. The van der Waals surface area contributed by atoms with Crippen LogP contribution in [-0.2, 0) is 6.54 Å². The lowest BCUT2D eigenvalue weighted by molar-refractivity contribution is 0.0950. The summed E-state index contributed by atoms with van der Waals surface area (Å²) in [4.78, 5) is 25.1. The summed E-state index contributed by atoms with van der Waals surface area (Å²) < 4.78 is 8.55. The Bertz CT molecular complexity index is 1230. The van der Waals surface area contributed by atoms with Crippen molar-refractivity contribution in [3.63, 3.8) is 0 Å². The van der Waals surface area contributed by atoms with E-state index in [1.807, 2.05) is 37.3 Å². The van der Waals surface area contributed by atoms with Crippen LogP contribution >= 0.6 is 0 Å². The Balaban J connectivity index is 1.53. The van der Waals surface area contributed by atoms with E-state index in [2.05, 4.69) is 15.5 Å². The van der Waals surface area contributed by atoms with Crippen LogP contribution in [-0.4, -0.2) is 38.6 Å². The smallest absolute Gasteiger partial charge is 0.266 e. The van der Waals surface area contributed by atoms with Crippen LogP contribution in [0, 0.1) is 0 Å². The maximum atomic E-state index is 13.0. The third-order valence-corrected chi connectivity index (χ3v) is 4.62. The number of hydrogen-bond acceptors (Lipinski definition) is 5. The van der Waals surface area contributed by atoms with E-state index >= 15 is 0 Å². The molecule has 8 nitrogen and oxygen atoms in total. The van der Waals surface area contributed by atoms with E-state index in [0.717, 1.165) is 10.8 Å². The Labute approximate surface area is 172 Å². The molecule has 30 heavy (non-hydrogen) atoms. The van der Waals surface area contributed by atoms with Gasteiger partial charge in [-0.3, -0.25) is 9.59 Å². The van der Waals surface area contributed by atoms with E-state index in [1.165, 1.54) is 10.7 Å². The van der Waals surface area contributed by atoms with E-state index in [0.29, 0.717) is 23.7 Å². The number of aromatic nitrogens is 4. The van der Waals surface area contributed by atoms with Gasteiger partial charge in [-0.05, 0) is 35.9 Å². The summed E-state index contributed by atoms with van der Waals surface area (Å²) in [7, 11) is 0. The Hall–Kier alpha value is -3.94. The molecule has 0 aliphatic heterocycles. The summed E-state index contributed by atoms with van der Waals surface area (Å²) in [5.41, 5.74) is 0.237. The van der Waals surface area contributed by atoms with Gasteiger partial charge >= 0.3 is 0 Å².